The van der Waals surface area contributed by atoms with Crippen molar-refractivity contribution in [3.63, 3.8) is 0 Å². The van der Waals surface area contributed by atoms with Crippen LogP contribution in [0.5, 0.6) is 0 Å². The van der Waals surface area contributed by atoms with E-state index in [4.69, 9.17) is 23.2 Å². The summed E-state index contributed by atoms with van der Waals surface area (Å²) in [6, 6.07) is 6.74. The van der Waals surface area contributed by atoms with Crippen LogP contribution in [0.15, 0.2) is 48.7 Å². The molecule has 0 radical (unpaired) electrons. The Balaban J connectivity index is 1.72. The van der Waals surface area contributed by atoms with E-state index >= 15 is 0 Å². The minimum Gasteiger partial charge on any atom is -0.341 e. The highest BCUT2D eigenvalue weighted by atomic mass is 35.5. The molecule has 1 aliphatic heterocycles. The van der Waals surface area contributed by atoms with Crippen molar-refractivity contribution in [1.29, 1.82) is 0 Å². The Morgan fingerprint density at radius 3 is 2.54 bits per heavy atom. The van der Waals surface area contributed by atoms with E-state index in [9.17, 15) is 31.5 Å². The van der Waals surface area contributed by atoms with Crippen LogP contribution in [0.4, 0.5) is 27.6 Å². The zero-order valence-corrected chi connectivity index (χ0v) is 19.8. The van der Waals surface area contributed by atoms with Gasteiger partial charge in [0.1, 0.15) is 18.2 Å². The monoisotopic (exact) mass is 554 g/mol. The molecule has 0 spiro atoms. The molecule has 37 heavy (non-hydrogen) atoms. The molecule has 6 nitrogen and oxygen atoms in total. The average Bonchev–Trinajstić information content (AvgIpc) is 3.34. The van der Waals surface area contributed by atoms with Gasteiger partial charge in [-0.15, -0.1) is 0 Å². The van der Waals surface area contributed by atoms with Gasteiger partial charge in [0.05, 0.1) is 23.3 Å². The van der Waals surface area contributed by atoms with Gasteiger partial charge in [-0.05, 0) is 42.5 Å². The van der Waals surface area contributed by atoms with Gasteiger partial charge >= 0.3 is 6.18 Å². The number of aromatic nitrogens is 2. The normalized spacial score (nSPS) is 15.1. The number of hydrogen-bond donors (Lipinski definition) is 2. The third kappa shape index (κ3) is 4.72. The zero-order chi connectivity index (χ0) is 26.6. The Hall–Kier alpha value is -3.70. The van der Waals surface area contributed by atoms with Crippen LogP contribution in [-0.2, 0) is 6.54 Å². The summed E-state index contributed by atoms with van der Waals surface area (Å²) in [6.07, 6.45) is -3.52. The molecule has 4 aromatic rings. The van der Waals surface area contributed by atoms with Crippen molar-refractivity contribution in [1.82, 2.24) is 15.1 Å². The first-order chi connectivity index (χ1) is 17.4. The molecule has 3 aromatic carbocycles. The van der Waals surface area contributed by atoms with E-state index in [2.05, 4.69) is 15.7 Å². The maximum atomic E-state index is 14.1. The van der Waals surface area contributed by atoms with E-state index in [-0.39, 0.29) is 48.9 Å². The summed E-state index contributed by atoms with van der Waals surface area (Å²) in [4.78, 5) is 26.1. The van der Waals surface area contributed by atoms with Crippen molar-refractivity contribution >= 4 is 51.6 Å². The van der Waals surface area contributed by atoms with Crippen LogP contribution in [0.3, 0.4) is 0 Å². The Morgan fingerprint density at radius 2 is 1.84 bits per heavy atom. The largest absolute Gasteiger partial charge is 0.408 e. The van der Waals surface area contributed by atoms with Gasteiger partial charge in [-0.1, -0.05) is 23.2 Å². The van der Waals surface area contributed by atoms with Crippen LogP contribution in [-0.4, -0.2) is 27.8 Å². The van der Waals surface area contributed by atoms with Crippen molar-refractivity contribution in [2.75, 3.05) is 5.32 Å². The highest BCUT2D eigenvalue weighted by Gasteiger charge is 2.38. The molecule has 5 rings (SSSR count). The lowest BCUT2D eigenvalue weighted by Crippen LogP contribution is -2.21. The van der Waals surface area contributed by atoms with Crippen LogP contribution in [0.1, 0.15) is 37.9 Å². The number of alkyl halides is 3. The number of rotatable bonds is 4. The van der Waals surface area contributed by atoms with Gasteiger partial charge in [0, 0.05) is 37.8 Å². The Labute approximate surface area is 215 Å². The van der Waals surface area contributed by atoms with Crippen molar-refractivity contribution in [3.05, 3.63) is 92.6 Å². The molecule has 0 saturated heterocycles. The topological polar surface area (TPSA) is 76.0 Å². The van der Waals surface area contributed by atoms with Crippen LogP contribution in [0.2, 0.25) is 10.0 Å². The van der Waals surface area contributed by atoms with Crippen molar-refractivity contribution < 1.29 is 31.5 Å². The van der Waals surface area contributed by atoms with Crippen LogP contribution in [0.25, 0.3) is 10.9 Å². The van der Waals surface area contributed by atoms with Crippen molar-refractivity contribution in [2.45, 2.75) is 18.8 Å². The fourth-order valence-electron chi connectivity index (χ4n) is 4.30. The van der Waals surface area contributed by atoms with Gasteiger partial charge in [-0.25, -0.2) is 8.78 Å². The van der Waals surface area contributed by atoms with Gasteiger partial charge in [0.2, 0.25) is 0 Å². The van der Waals surface area contributed by atoms with Gasteiger partial charge in [-0.3, -0.25) is 14.3 Å². The molecule has 1 aliphatic rings. The number of anilines is 1. The molecular weight excluding hydrogens is 542 g/mol. The standard InChI is InChI=1S/C24H13Cl2F5N4O2/c25-11-3-10(4-13(28)5-11)22(36)33-17-7-18-15(8-32-35(18)9-24(29,30)31)19-20(17)21(34-23(19)37)14-6-12(27)1-2-16(14)26/h1-8,21H,9H2,(H,33,36)(H,34,37)/t21-/m0/s1. The lowest BCUT2D eigenvalue weighted by Gasteiger charge is -2.19. The maximum absolute atomic E-state index is 14.1. The van der Waals surface area contributed by atoms with E-state index in [1.54, 1.807) is 0 Å². The molecule has 0 saturated carbocycles. The summed E-state index contributed by atoms with van der Waals surface area (Å²) >= 11 is 12.1. The molecule has 2 amide bonds. The number of nitrogens with zero attached hydrogens (tertiary/aromatic N) is 2. The lowest BCUT2D eigenvalue weighted by atomic mass is 9.94. The number of halogens is 7. The molecule has 1 atom stereocenters. The number of carbonyl (C=O) groups is 2. The lowest BCUT2D eigenvalue weighted by molar-refractivity contribution is -0.141. The maximum Gasteiger partial charge on any atom is 0.408 e. The number of hydrogen-bond acceptors (Lipinski definition) is 3. The Morgan fingerprint density at radius 1 is 1.08 bits per heavy atom. The minimum absolute atomic E-state index is 0.0599. The molecule has 0 unspecified atom stereocenters. The summed E-state index contributed by atoms with van der Waals surface area (Å²) in [7, 11) is 0. The van der Waals surface area contributed by atoms with Crippen molar-refractivity contribution in [3.8, 4) is 0 Å². The highest BCUT2D eigenvalue weighted by molar-refractivity contribution is 6.32. The summed E-state index contributed by atoms with van der Waals surface area (Å²) in [6.45, 7) is -1.46. The first kappa shape index (κ1) is 25.0. The number of fused-ring (bicyclic) bond motifs is 3. The van der Waals surface area contributed by atoms with E-state index in [1.807, 2.05) is 0 Å². The van der Waals surface area contributed by atoms with Crippen molar-refractivity contribution in [2.24, 2.45) is 0 Å². The smallest absolute Gasteiger partial charge is 0.341 e. The molecule has 1 aromatic heterocycles. The van der Waals surface area contributed by atoms with Gasteiger partial charge in [0.15, 0.2) is 0 Å². The van der Waals surface area contributed by atoms with E-state index in [0.717, 1.165) is 30.5 Å². The van der Waals surface area contributed by atoms with Crippen LogP contribution < -0.4 is 10.6 Å². The quantitative estimate of drug-likeness (QED) is 0.292. The molecule has 2 N–H and O–H groups in total. The second kappa shape index (κ2) is 9.00. The third-order valence-electron chi connectivity index (χ3n) is 5.75. The summed E-state index contributed by atoms with van der Waals surface area (Å²) < 4.78 is 68.1. The fraction of sp³-hybridized carbons (Fsp3) is 0.125. The van der Waals surface area contributed by atoms with Gasteiger partial charge in [-0.2, -0.15) is 18.3 Å². The highest BCUT2D eigenvalue weighted by Crippen LogP contribution is 2.43. The molecular formula is C24H13Cl2F5N4O2. The average molecular weight is 555 g/mol. The molecule has 0 fully saturated rings. The Bertz CT molecular complexity index is 1580. The molecule has 0 aliphatic carbocycles. The third-order valence-corrected chi connectivity index (χ3v) is 6.31. The Kier molecular flexibility index (Phi) is 6.07. The summed E-state index contributed by atoms with van der Waals surface area (Å²) in [5.74, 6) is -2.99. The number of benzene rings is 3. The minimum atomic E-state index is -4.63. The first-order valence-electron chi connectivity index (χ1n) is 10.5. The van der Waals surface area contributed by atoms with E-state index < -0.39 is 42.2 Å². The zero-order valence-electron chi connectivity index (χ0n) is 18.3. The van der Waals surface area contributed by atoms with E-state index in [0.29, 0.717) is 4.68 Å². The predicted molar refractivity (Wildman–Crippen MR) is 126 cm³/mol. The van der Waals surface area contributed by atoms with Gasteiger partial charge in [0.25, 0.3) is 11.8 Å². The number of carbonyl (C=O) groups excluding carboxylic acids is 2. The van der Waals surface area contributed by atoms with Crippen LogP contribution >= 0.6 is 23.2 Å². The summed E-state index contributed by atoms with van der Waals surface area (Å²) in [5.41, 5.74) is -0.137. The van der Waals surface area contributed by atoms with Crippen LogP contribution in [0, 0.1) is 11.6 Å². The molecule has 2 heterocycles. The van der Waals surface area contributed by atoms with Gasteiger partial charge < -0.3 is 10.6 Å². The first-order valence-corrected chi connectivity index (χ1v) is 11.3. The van der Waals surface area contributed by atoms with E-state index in [1.165, 1.54) is 18.2 Å². The fourth-order valence-corrected chi connectivity index (χ4v) is 4.75. The number of amides is 2. The molecule has 13 heteroatoms. The second-order valence-electron chi connectivity index (χ2n) is 8.25. The number of nitrogens with one attached hydrogen (secondary N) is 2. The second-order valence-corrected chi connectivity index (χ2v) is 9.09. The molecule has 0 bridgehead atoms. The predicted octanol–water partition coefficient (Wildman–Crippen LogP) is 6.27. The SMILES string of the molecule is O=C(Nc1cc2c(cnn2CC(F)(F)F)c2c1[C@H](c1cc(F)ccc1Cl)NC2=O)c1cc(F)cc(Cl)c1. The molecule has 190 valence electrons. The summed E-state index contributed by atoms with van der Waals surface area (Å²) in [5, 5.41) is 9.06.